The van der Waals surface area contributed by atoms with Gasteiger partial charge in [0.05, 0.1) is 5.56 Å². The number of nitrogens with zero attached hydrogens (tertiary/aromatic N) is 1. The minimum absolute atomic E-state index is 0.126. The number of carbonyl (C=O) groups excluding carboxylic acids is 1. The van der Waals surface area contributed by atoms with Crippen LogP contribution in [-0.4, -0.2) is 28.7 Å². The minimum Gasteiger partial charge on any atom is -0.336 e. The van der Waals surface area contributed by atoms with Crippen molar-refractivity contribution >= 4 is 21.8 Å². The molecule has 0 bridgehead atoms. The van der Waals surface area contributed by atoms with E-state index in [9.17, 15) is 9.18 Å². The molecule has 0 heterocycles. The highest BCUT2D eigenvalue weighted by Gasteiger charge is 2.28. The third-order valence-electron chi connectivity index (χ3n) is 2.89. The zero-order valence-corrected chi connectivity index (χ0v) is 12.1. The molecule has 0 aromatic heterocycles. The predicted molar refractivity (Wildman–Crippen MR) is 71.1 cm³/mol. The molecule has 94 valence electrons. The number of benzene rings is 1. The van der Waals surface area contributed by atoms with Crippen molar-refractivity contribution in [3.05, 3.63) is 35.1 Å². The van der Waals surface area contributed by atoms with Crippen molar-refractivity contribution in [3.63, 3.8) is 0 Å². The summed E-state index contributed by atoms with van der Waals surface area (Å²) in [5.41, 5.74) is 0.647. The maximum atomic E-state index is 13.6. The van der Waals surface area contributed by atoms with Gasteiger partial charge in [-0.25, -0.2) is 4.39 Å². The molecule has 0 aliphatic carbocycles. The van der Waals surface area contributed by atoms with E-state index in [0.29, 0.717) is 5.33 Å². The lowest BCUT2D eigenvalue weighted by Gasteiger charge is -2.34. The first-order chi connectivity index (χ1) is 7.79. The number of amides is 1. The second kappa shape index (κ2) is 5.17. The first-order valence-electron chi connectivity index (χ1n) is 5.40. The van der Waals surface area contributed by atoms with E-state index in [2.05, 4.69) is 15.9 Å². The Morgan fingerprint density at radius 2 is 2.06 bits per heavy atom. The van der Waals surface area contributed by atoms with Crippen LogP contribution in [0.5, 0.6) is 0 Å². The third kappa shape index (κ3) is 3.06. The van der Waals surface area contributed by atoms with Crippen molar-refractivity contribution in [2.75, 3.05) is 12.4 Å². The Balaban J connectivity index is 3.08. The van der Waals surface area contributed by atoms with Crippen LogP contribution in [0.3, 0.4) is 0 Å². The third-order valence-corrected chi connectivity index (χ3v) is 4.26. The quantitative estimate of drug-likeness (QED) is 0.784. The van der Waals surface area contributed by atoms with E-state index in [0.717, 1.165) is 5.56 Å². The SMILES string of the molecule is Cc1ccc(F)c(C(=O)N(C)C(C)(C)CBr)c1. The highest BCUT2D eigenvalue weighted by Crippen LogP contribution is 2.20. The van der Waals surface area contributed by atoms with E-state index in [1.165, 1.54) is 6.07 Å². The van der Waals surface area contributed by atoms with Crippen LogP contribution in [0.2, 0.25) is 0 Å². The Bertz CT molecular complexity index is 431. The first kappa shape index (κ1) is 14.2. The second-order valence-electron chi connectivity index (χ2n) is 4.79. The summed E-state index contributed by atoms with van der Waals surface area (Å²) in [6, 6.07) is 4.57. The van der Waals surface area contributed by atoms with Gasteiger partial charge in [0.2, 0.25) is 0 Å². The molecule has 0 fully saturated rings. The Labute approximate surface area is 110 Å². The number of hydrogen-bond donors (Lipinski definition) is 0. The van der Waals surface area contributed by atoms with Gasteiger partial charge >= 0.3 is 0 Å². The molecule has 1 rings (SSSR count). The summed E-state index contributed by atoms with van der Waals surface area (Å²) in [7, 11) is 1.69. The Morgan fingerprint density at radius 1 is 1.47 bits per heavy atom. The molecule has 0 atom stereocenters. The standard InChI is InChI=1S/C13H17BrFNO/c1-9-5-6-11(15)10(7-9)12(17)16(4)13(2,3)8-14/h5-7H,8H2,1-4H3. The molecule has 1 aromatic carbocycles. The van der Waals surface area contributed by atoms with Crippen molar-refractivity contribution < 1.29 is 9.18 Å². The Morgan fingerprint density at radius 3 is 2.59 bits per heavy atom. The molecule has 4 heteroatoms. The van der Waals surface area contributed by atoms with Gasteiger partial charge in [0.1, 0.15) is 5.82 Å². The molecular formula is C13H17BrFNO. The zero-order chi connectivity index (χ0) is 13.2. The topological polar surface area (TPSA) is 20.3 Å². The Hall–Kier alpha value is -0.900. The van der Waals surface area contributed by atoms with Crippen LogP contribution in [0.25, 0.3) is 0 Å². The fourth-order valence-corrected chi connectivity index (χ4v) is 1.72. The summed E-state index contributed by atoms with van der Waals surface area (Å²) in [6.45, 7) is 5.69. The summed E-state index contributed by atoms with van der Waals surface area (Å²) in [5, 5.41) is 0.635. The van der Waals surface area contributed by atoms with Crippen molar-refractivity contribution in [1.82, 2.24) is 4.90 Å². The van der Waals surface area contributed by atoms with Crippen LogP contribution in [0.1, 0.15) is 29.8 Å². The van der Waals surface area contributed by atoms with E-state index in [1.807, 2.05) is 20.8 Å². The lowest BCUT2D eigenvalue weighted by Crippen LogP contribution is -2.46. The van der Waals surface area contributed by atoms with Crippen molar-refractivity contribution in [2.24, 2.45) is 0 Å². The van der Waals surface area contributed by atoms with E-state index in [-0.39, 0.29) is 17.0 Å². The maximum Gasteiger partial charge on any atom is 0.257 e. The van der Waals surface area contributed by atoms with Gasteiger partial charge in [0.15, 0.2) is 0 Å². The van der Waals surface area contributed by atoms with Gasteiger partial charge in [-0.15, -0.1) is 0 Å². The number of rotatable bonds is 3. The molecule has 0 N–H and O–H groups in total. The summed E-state index contributed by atoms with van der Waals surface area (Å²) in [6.07, 6.45) is 0. The first-order valence-corrected chi connectivity index (χ1v) is 6.52. The minimum atomic E-state index is -0.474. The second-order valence-corrected chi connectivity index (χ2v) is 5.35. The molecule has 1 amide bonds. The monoisotopic (exact) mass is 301 g/mol. The van der Waals surface area contributed by atoms with Gasteiger partial charge in [-0.1, -0.05) is 27.6 Å². The number of halogens is 2. The molecule has 0 radical (unpaired) electrons. The molecule has 0 saturated carbocycles. The predicted octanol–water partition coefficient (Wildman–Crippen LogP) is 3.38. The molecule has 0 saturated heterocycles. The van der Waals surface area contributed by atoms with Gasteiger partial charge in [-0.2, -0.15) is 0 Å². The van der Waals surface area contributed by atoms with Gasteiger partial charge in [-0.05, 0) is 32.9 Å². The smallest absolute Gasteiger partial charge is 0.257 e. The average Bonchev–Trinajstić information content (AvgIpc) is 2.30. The largest absolute Gasteiger partial charge is 0.336 e. The molecular weight excluding hydrogens is 285 g/mol. The average molecular weight is 302 g/mol. The van der Waals surface area contributed by atoms with Crippen molar-refractivity contribution in [2.45, 2.75) is 26.3 Å². The highest BCUT2D eigenvalue weighted by atomic mass is 79.9. The number of carbonyl (C=O) groups is 1. The number of alkyl halides is 1. The fourth-order valence-electron chi connectivity index (χ4n) is 1.35. The zero-order valence-electron chi connectivity index (χ0n) is 10.6. The lowest BCUT2D eigenvalue weighted by atomic mass is 10.0. The van der Waals surface area contributed by atoms with Crippen molar-refractivity contribution in [1.29, 1.82) is 0 Å². The Kier molecular flexibility index (Phi) is 4.31. The molecule has 17 heavy (non-hydrogen) atoms. The van der Waals surface area contributed by atoms with Crippen LogP contribution < -0.4 is 0 Å². The summed E-state index contributed by atoms with van der Waals surface area (Å²) >= 11 is 3.36. The summed E-state index contributed by atoms with van der Waals surface area (Å²) < 4.78 is 13.6. The van der Waals surface area contributed by atoms with Crippen LogP contribution in [0.4, 0.5) is 4.39 Å². The van der Waals surface area contributed by atoms with Crippen LogP contribution >= 0.6 is 15.9 Å². The van der Waals surface area contributed by atoms with E-state index < -0.39 is 5.82 Å². The normalized spacial score (nSPS) is 11.4. The van der Waals surface area contributed by atoms with Gasteiger partial charge < -0.3 is 4.90 Å². The summed E-state index contributed by atoms with van der Waals surface area (Å²) in [5.74, 6) is -0.770. The van der Waals surface area contributed by atoms with Gasteiger partial charge in [-0.3, -0.25) is 4.79 Å². The molecule has 0 unspecified atom stereocenters. The number of hydrogen-bond acceptors (Lipinski definition) is 1. The lowest BCUT2D eigenvalue weighted by molar-refractivity contribution is 0.0658. The van der Waals surface area contributed by atoms with Gasteiger partial charge in [0, 0.05) is 17.9 Å². The summed E-state index contributed by atoms with van der Waals surface area (Å²) in [4.78, 5) is 13.7. The number of aryl methyl sites for hydroxylation is 1. The van der Waals surface area contributed by atoms with Crippen LogP contribution in [0, 0.1) is 12.7 Å². The molecule has 0 aliphatic heterocycles. The maximum absolute atomic E-state index is 13.6. The fraction of sp³-hybridized carbons (Fsp3) is 0.462. The molecule has 1 aromatic rings. The highest BCUT2D eigenvalue weighted by molar-refractivity contribution is 9.09. The molecule has 2 nitrogen and oxygen atoms in total. The molecule has 0 aliphatic rings. The van der Waals surface area contributed by atoms with Crippen LogP contribution in [0.15, 0.2) is 18.2 Å². The molecule has 0 spiro atoms. The van der Waals surface area contributed by atoms with Gasteiger partial charge in [0.25, 0.3) is 5.91 Å². The van der Waals surface area contributed by atoms with E-state index in [1.54, 1.807) is 24.1 Å². The van der Waals surface area contributed by atoms with Crippen molar-refractivity contribution in [3.8, 4) is 0 Å². The van der Waals surface area contributed by atoms with E-state index >= 15 is 0 Å². The van der Waals surface area contributed by atoms with E-state index in [4.69, 9.17) is 0 Å². The van der Waals surface area contributed by atoms with Crippen LogP contribution in [-0.2, 0) is 0 Å².